The van der Waals surface area contributed by atoms with Crippen molar-refractivity contribution in [3.8, 4) is 5.69 Å². The Kier molecular flexibility index (Phi) is 3.58. The maximum absolute atomic E-state index is 4.05. The number of alkyl halides is 1. The number of rotatable bonds is 2. The van der Waals surface area contributed by atoms with E-state index in [0.29, 0.717) is 5.33 Å². The molecule has 0 amide bonds. The first-order valence-corrected chi connectivity index (χ1v) is 6.84. The van der Waals surface area contributed by atoms with Gasteiger partial charge in [0.05, 0.1) is 17.6 Å². The third kappa shape index (κ3) is 2.49. The third-order valence-electron chi connectivity index (χ3n) is 1.83. The highest BCUT2D eigenvalue weighted by Crippen LogP contribution is 2.24. The van der Waals surface area contributed by atoms with E-state index in [1.807, 2.05) is 24.4 Å². The van der Waals surface area contributed by atoms with Crippen LogP contribution in [0.3, 0.4) is 0 Å². The standard InChI is InChI=1S/C9H6Br3N3/c10-4-7-5-15(14-13-7)9-3-6(11)1-2-8(9)12/h1-3,5H,4H2. The molecule has 0 unspecified atom stereocenters. The van der Waals surface area contributed by atoms with Crippen molar-refractivity contribution in [3.05, 3.63) is 39.0 Å². The largest absolute Gasteiger partial charge is 0.219 e. The van der Waals surface area contributed by atoms with Crippen LogP contribution in [0.1, 0.15) is 5.69 Å². The molecular formula is C9H6Br3N3. The average molecular weight is 396 g/mol. The molecule has 0 N–H and O–H groups in total. The van der Waals surface area contributed by atoms with Crippen LogP contribution in [-0.4, -0.2) is 15.0 Å². The number of hydrogen-bond acceptors (Lipinski definition) is 2. The SMILES string of the molecule is BrCc1cn(-c2cc(Br)ccc2Br)nn1. The minimum atomic E-state index is 0.707. The molecule has 2 aromatic rings. The normalized spacial score (nSPS) is 10.6. The third-order valence-corrected chi connectivity index (χ3v) is 3.57. The summed E-state index contributed by atoms with van der Waals surface area (Å²) in [6.07, 6.45) is 1.89. The van der Waals surface area contributed by atoms with Gasteiger partial charge in [0.2, 0.25) is 0 Å². The molecule has 0 bridgehead atoms. The van der Waals surface area contributed by atoms with E-state index in [0.717, 1.165) is 20.3 Å². The Morgan fingerprint density at radius 1 is 1.27 bits per heavy atom. The van der Waals surface area contributed by atoms with Gasteiger partial charge < -0.3 is 0 Å². The van der Waals surface area contributed by atoms with Crippen molar-refractivity contribution in [1.82, 2.24) is 15.0 Å². The first kappa shape index (κ1) is 11.3. The highest BCUT2D eigenvalue weighted by molar-refractivity contribution is 9.11. The predicted molar refractivity (Wildman–Crippen MR) is 69.4 cm³/mol. The van der Waals surface area contributed by atoms with Gasteiger partial charge in [0, 0.05) is 14.3 Å². The molecule has 0 aliphatic carbocycles. The lowest BCUT2D eigenvalue weighted by Gasteiger charge is -2.03. The fraction of sp³-hybridized carbons (Fsp3) is 0.111. The molecule has 0 spiro atoms. The summed E-state index contributed by atoms with van der Waals surface area (Å²) in [4.78, 5) is 0. The molecule has 0 radical (unpaired) electrons. The lowest BCUT2D eigenvalue weighted by molar-refractivity contribution is 0.797. The van der Waals surface area contributed by atoms with Crippen molar-refractivity contribution in [1.29, 1.82) is 0 Å². The Hall–Kier alpha value is -0.200. The molecule has 3 nitrogen and oxygen atoms in total. The molecule has 78 valence electrons. The molecule has 1 aromatic heterocycles. The van der Waals surface area contributed by atoms with Gasteiger partial charge in [-0.25, -0.2) is 4.68 Å². The molecule has 0 aliphatic heterocycles. The van der Waals surface area contributed by atoms with Crippen molar-refractivity contribution in [2.24, 2.45) is 0 Å². The van der Waals surface area contributed by atoms with E-state index in [1.54, 1.807) is 4.68 Å². The van der Waals surface area contributed by atoms with Gasteiger partial charge in [0.1, 0.15) is 0 Å². The Balaban J connectivity index is 2.48. The van der Waals surface area contributed by atoms with Crippen LogP contribution in [0, 0.1) is 0 Å². The molecule has 15 heavy (non-hydrogen) atoms. The van der Waals surface area contributed by atoms with E-state index in [2.05, 4.69) is 58.1 Å². The van der Waals surface area contributed by atoms with Crippen LogP contribution in [0.2, 0.25) is 0 Å². The lowest BCUT2D eigenvalue weighted by Crippen LogP contribution is -1.95. The Morgan fingerprint density at radius 3 is 2.73 bits per heavy atom. The maximum Gasteiger partial charge on any atom is 0.0937 e. The topological polar surface area (TPSA) is 30.7 Å². The molecule has 0 fully saturated rings. The van der Waals surface area contributed by atoms with Crippen LogP contribution >= 0.6 is 47.8 Å². The second-order valence-corrected chi connectivity index (χ2v) is 5.21. The smallest absolute Gasteiger partial charge is 0.0937 e. The van der Waals surface area contributed by atoms with Crippen molar-refractivity contribution in [2.75, 3.05) is 0 Å². The van der Waals surface area contributed by atoms with Crippen LogP contribution in [0.25, 0.3) is 5.69 Å². The van der Waals surface area contributed by atoms with Gasteiger partial charge in [-0.05, 0) is 34.1 Å². The van der Waals surface area contributed by atoms with Crippen LogP contribution in [0.15, 0.2) is 33.3 Å². The van der Waals surface area contributed by atoms with Gasteiger partial charge in [-0.3, -0.25) is 0 Å². The van der Waals surface area contributed by atoms with Crippen molar-refractivity contribution < 1.29 is 0 Å². The summed E-state index contributed by atoms with van der Waals surface area (Å²) in [5.74, 6) is 0. The van der Waals surface area contributed by atoms with Gasteiger partial charge in [0.15, 0.2) is 0 Å². The maximum atomic E-state index is 4.05. The zero-order valence-corrected chi connectivity index (χ0v) is 12.3. The van der Waals surface area contributed by atoms with Crippen molar-refractivity contribution >= 4 is 47.8 Å². The quantitative estimate of drug-likeness (QED) is 0.726. The first-order chi connectivity index (χ1) is 7.20. The van der Waals surface area contributed by atoms with Crippen molar-refractivity contribution in [3.63, 3.8) is 0 Å². The number of hydrogen-bond donors (Lipinski definition) is 0. The summed E-state index contributed by atoms with van der Waals surface area (Å²) in [5.41, 5.74) is 1.87. The molecule has 2 rings (SSSR count). The van der Waals surface area contributed by atoms with E-state index >= 15 is 0 Å². The first-order valence-electron chi connectivity index (χ1n) is 4.13. The highest BCUT2D eigenvalue weighted by atomic mass is 79.9. The van der Waals surface area contributed by atoms with Crippen LogP contribution in [0.5, 0.6) is 0 Å². The zero-order chi connectivity index (χ0) is 10.8. The van der Waals surface area contributed by atoms with Crippen LogP contribution < -0.4 is 0 Å². The molecule has 1 heterocycles. The van der Waals surface area contributed by atoms with E-state index < -0.39 is 0 Å². The van der Waals surface area contributed by atoms with Crippen LogP contribution in [0.4, 0.5) is 0 Å². The Morgan fingerprint density at radius 2 is 2.07 bits per heavy atom. The lowest BCUT2D eigenvalue weighted by atomic mass is 10.3. The molecule has 0 aliphatic rings. The molecule has 1 aromatic carbocycles. The summed E-state index contributed by atoms with van der Waals surface area (Å²) >= 11 is 10.2. The van der Waals surface area contributed by atoms with Gasteiger partial charge in [-0.1, -0.05) is 37.1 Å². The molecule has 0 saturated carbocycles. The second kappa shape index (κ2) is 4.76. The van der Waals surface area contributed by atoms with E-state index in [9.17, 15) is 0 Å². The fourth-order valence-electron chi connectivity index (χ4n) is 1.14. The summed E-state index contributed by atoms with van der Waals surface area (Å²) in [6.45, 7) is 0. The summed E-state index contributed by atoms with van der Waals surface area (Å²) < 4.78 is 3.74. The minimum absolute atomic E-state index is 0.707. The number of nitrogens with zero attached hydrogens (tertiary/aromatic N) is 3. The molecule has 0 atom stereocenters. The highest BCUT2D eigenvalue weighted by Gasteiger charge is 2.06. The van der Waals surface area contributed by atoms with Crippen molar-refractivity contribution in [2.45, 2.75) is 5.33 Å². The van der Waals surface area contributed by atoms with Gasteiger partial charge in [-0.15, -0.1) is 5.10 Å². The number of aromatic nitrogens is 3. The summed E-state index contributed by atoms with van der Waals surface area (Å²) in [5, 5.41) is 8.76. The minimum Gasteiger partial charge on any atom is -0.219 e. The Labute approximate surface area is 112 Å². The average Bonchev–Trinajstić information content (AvgIpc) is 2.70. The van der Waals surface area contributed by atoms with Gasteiger partial charge in [-0.2, -0.15) is 0 Å². The van der Waals surface area contributed by atoms with Gasteiger partial charge >= 0.3 is 0 Å². The Bertz CT molecular complexity index is 481. The summed E-state index contributed by atoms with van der Waals surface area (Å²) in [6, 6.07) is 5.92. The molecule has 0 saturated heterocycles. The number of benzene rings is 1. The van der Waals surface area contributed by atoms with Gasteiger partial charge in [0.25, 0.3) is 0 Å². The monoisotopic (exact) mass is 393 g/mol. The molecule has 6 heteroatoms. The van der Waals surface area contributed by atoms with Crippen LogP contribution in [-0.2, 0) is 5.33 Å². The van der Waals surface area contributed by atoms with E-state index in [1.165, 1.54) is 0 Å². The molecular weight excluding hydrogens is 390 g/mol. The second-order valence-electron chi connectivity index (χ2n) is 2.88. The summed E-state index contributed by atoms with van der Waals surface area (Å²) in [7, 11) is 0. The fourth-order valence-corrected chi connectivity index (χ4v) is 2.17. The zero-order valence-electron chi connectivity index (χ0n) is 7.49. The predicted octanol–water partition coefficient (Wildman–Crippen LogP) is 3.69. The van der Waals surface area contributed by atoms with E-state index in [4.69, 9.17) is 0 Å². The van der Waals surface area contributed by atoms with E-state index in [-0.39, 0.29) is 0 Å². The number of halogens is 3.